The Morgan fingerprint density at radius 3 is 2.28 bits per heavy atom. The Balaban J connectivity index is 0.000000184. The predicted molar refractivity (Wildman–Crippen MR) is 71.9 cm³/mol. The number of nitrogens with zero attached hydrogens (tertiary/aromatic N) is 2. The molecule has 0 spiro atoms. The molecule has 3 heteroatoms. The monoisotopic (exact) mass is 246 g/mol. The minimum atomic E-state index is -0.274. The Bertz CT molecular complexity index is 438. The summed E-state index contributed by atoms with van der Waals surface area (Å²) in [6.07, 6.45) is 4.09. The zero-order valence-electron chi connectivity index (χ0n) is 11.1. The Hall–Kier alpha value is -1.77. The molecule has 0 aliphatic heterocycles. The lowest BCUT2D eigenvalue weighted by Crippen LogP contribution is -1.91. The molecule has 0 aliphatic rings. The maximum Gasteiger partial charge on any atom is 0.141 e. The minimum Gasteiger partial charge on any atom is -0.261 e. The van der Waals surface area contributed by atoms with Crippen molar-refractivity contribution in [2.24, 2.45) is 0 Å². The molecule has 0 saturated heterocycles. The molecule has 0 fully saturated rings. The van der Waals surface area contributed by atoms with Gasteiger partial charge in [0.1, 0.15) is 5.82 Å². The van der Waals surface area contributed by atoms with Crippen molar-refractivity contribution in [1.29, 1.82) is 0 Å². The number of aromatic nitrogens is 2. The minimum absolute atomic E-state index is 0.274. The van der Waals surface area contributed by atoms with Gasteiger partial charge in [-0.15, -0.1) is 0 Å². The molecule has 2 aromatic heterocycles. The fraction of sp³-hybridized carbons (Fsp3) is 0.333. The standard InChI is InChI=1S/C8H10FN.C7H9N/c1-6(2)8-4-3-7(9)5-10-8;1-2-7-5-3-4-6-8-7/h3-6H,1-2H3;3-6H,2H2,1H3. The van der Waals surface area contributed by atoms with E-state index in [1.165, 1.54) is 12.3 Å². The lowest BCUT2D eigenvalue weighted by atomic mass is 10.1. The van der Waals surface area contributed by atoms with Gasteiger partial charge in [0.05, 0.1) is 6.20 Å². The van der Waals surface area contributed by atoms with Crippen LogP contribution in [0.2, 0.25) is 0 Å². The average Bonchev–Trinajstić information content (AvgIpc) is 2.41. The summed E-state index contributed by atoms with van der Waals surface area (Å²) < 4.78 is 12.3. The van der Waals surface area contributed by atoms with Gasteiger partial charge in [-0.05, 0) is 36.6 Å². The fourth-order valence-electron chi connectivity index (χ4n) is 1.34. The Morgan fingerprint density at radius 2 is 1.89 bits per heavy atom. The summed E-state index contributed by atoms with van der Waals surface area (Å²) in [5.41, 5.74) is 2.09. The summed E-state index contributed by atoms with van der Waals surface area (Å²) in [6, 6.07) is 9.10. The largest absolute Gasteiger partial charge is 0.261 e. The predicted octanol–water partition coefficient (Wildman–Crippen LogP) is 3.99. The van der Waals surface area contributed by atoms with Crippen molar-refractivity contribution in [2.45, 2.75) is 33.1 Å². The molecule has 0 unspecified atom stereocenters. The molecular formula is C15H19FN2. The van der Waals surface area contributed by atoms with Crippen LogP contribution in [0, 0.1) is 5.82 Å². The number of hydrogen-bond donors (Lipinski definition) is 0. The van der Waals surface area contributed by atoms with Crippen molar-refractivity contribution >= 4 is 0 Å². The zero-order chi connectivity index (χ0) is 13.4. The van der Waals surface area contributed by atoms with Gasteiger partial charge in [0.25, 0.3) is 0 Å². The van der Waals surface area contributed by atoms with Gasteiger partial charge < -0.3 is 0 Å². The van der Waals surface area contributed by atoms with Crippen LogP contribution in [-0.4, -0.2) is 9.97 Å². The van der Waals surface area contributed by atoms with Crippen LogP contribution in [0.4, 0.5) is 4.39 Å². The van der Waals surface area contributed by atoms with Crippen LogP contribution in [0.5, 0.6) is 0 Å². The Kier molecular flexibility index (Phi) is 5.98. The molecule has 0 aromatic carbocycles. The third-order valence-corrected chi connectivity index (χ3v) is 2.43. The zero-order valence-corrected chi connectivity index (χ0v) is 11.1. The topological polar surface area (TPSA) is 25.8 Å². The van der Waals surface area contributed by atoms with E-state index in [1.807, 2.05) is 38.2 Å². The van der Waals surface area contributed by atoms with Crippen LogP contribution in [0.15, 0.2) is 42.7 Å². The first-order valence-corrected chi connectivity index (χ1v) is 6.14. The molecular weight excluding hydrogens is 227 g/mol. The van der Waals surface area contributed by atoms with E-state index in [2.05, 4.69) is 16.9 Å². The molecule has 0 amide bonds. The second kappa shape index (κ2) is 7.54. The molecule has 0 N–H and O–H groups in total. The van der Waals surface area contributed by atoms with Gasteiger partial charge in [0.2, 0.25) is 0 Å². The number of pyridine rings is 2. The molecule has 18 heavy (non-hydrogen) atoms. The van der Waals surface area contributed by atoms with Crippen molar-refractivity contribution in [3.63, 3.8) is 0 Å². The normalized spacial score (nSPS) is 9.83. The van der Waals surface area contributed by atoms with E-state index >= 15 is 0 Å². The van der Waals surface area contributed by atoms with Crippen LogP contribution >= 0.6 is 0 Å². The van der Waals surface area contributed by atoms with Gasteiger partial charge >= 0.3 is 0 Å². The molecule has 2 aromatic rings. The van der Waals surface area contributed by atoms with E-state index in [0.29, 0.717) is 5.92 Å². The highest BCUT2D eigenvalue weighted by atomic mass is 19.1. The maximum absolute atomic E-state index is 12.3. The molecule has 2 nitrogen and oxygen atoms in total. The second-order valence-corrected chi connectivity index (χ2v) is 4.23. The first kappa shape index (κ1) is 14.3. The molecule has 2 rings (SSSR count). The van der Waals surface area contributed by atoms with Crippen molar-refractivity contribution in [2.75, 3.05) is 0 Å². The van der Waals surface area contributed by atoms with Gasteiger partial charge in [-0.3, -0.25) is 9.97 Å². The van der Waals surface area contributed by atoms with Crippen LogP contribution < -0.4 is 0 Å². The summed E-state index contributed by atoms with van der Waals surface area (Å²) in [7, 11) is 0. The summed E-state index contributed by atoms with van der Waals surface area (Å²) >= 11 is 0. The highest BCUT2D eigenvalue weighted by Gasteiger charge is 1.98. The van der Waals surface area contributed by atoms with Crippen molar-refractivity contribution < 1.29 is 4.39 Å². The van der Waals surface area contributed by atoms with Crippen LogP contribution in [0.1, 0.15) is 38.1 Å². The SMILES string of the molecule is CC(C)c1ccc(F)cn1.CCc1ccccn1. The van der Waals surface area contributed by atoms with E-state index in [-0.39, 0.29) is 5.82 Å². The molecule has 0 atom stereocenters. The highest BCUT2D eigenvalue weighted by Crippen LogP contribution is 2.09. The smallest absolute Gasteiger partial charge is 0.141 e. The van der Waals surface area contributed by atoms with Crippen LogP contribution in [0.3, 0.4) is 0 Å². The van der Waals surface area contributed by atoms with E-state index in [1.54, 1.807) is 6.07 Å². The van der Waals surface area contributed by atoms with Gasteiger partial charge in [-0.1, -0.05) is 26.8 Å². The summed E-state index contributed by atoms with van der Waals surface area (Å²) in [6.45, 7) is 6.16. The summed E-state index contributed by atoms with van der Waals surface area (Å²) in [4.78, 5) is 8.00. The molecule has 2 heterocycles. The summed E-state index contributed by atoms with van der Waals surface area (Å²) in [5, 5.41) is 0. The van der Waals surface area contributed by atoms with Crippen molar-refractivity contribution in [1.82, 2.24) is 9.97 Å². The first-order chi connectivity index (χ1) is 8.63. The Morgan fingerprint density at radius 1 is 1.11 bits per heavy atom. The fourth-order valence-corrected chi connectivity index (χ4v) is 1.34. The molecule has 0 aliphatic carbocycles. The second-order valence-electron chi connectivity index (χ2n) is 4.23. The average molecular weight is 246 g/mol. The van der Waals surface area contributed by atoms with E-state index in [0.717, 1.165) is 17.8 Å². The molecule has 96 valence electrons. The van der Waals surface area contributed by atoms with Crippen molar-refractivity contribution in [3.8, 4) is 0 Å². The van der Waals surface area contributed by atoms with Gasteiger partial charge in [-0.25, -0.2) is 4.39 Å². The lowest BCUT2D eigenvalue weighted by molar-refractivity contribution is 0.617. The van der Waals surface area contributed by atoms with E-state index in [4.69, 9.17) is 0 Å². The maximum atomic E-state index is 12.3. The van der Waals surface area contributed by atoms with E-state index in [9.17, 15) is 4.39 Å². The lowest BCUT2D eigenvalue weighted by Gasteiger charge is -2.01. The Labute approximate surface area is 108 Å². The number of aryl methyl sites for hydroxylation is 1. The third kappa shape index (κ3) is 5.04. The van der Waals surface area contributed by atoms with Gasteiger partial charge in [-0.2, -0.15) is 0 Å². The first-order valence-electron chi connectivity index (χ1n) is 6.14. The van der Waals surface area contributed by atoms with Crippen LogP contribution in [-0.2, 0) is 6.42 Å². The number of halogens is 1. The molecule has 0 radical (unpaired) electrons. The number of hydrogen-bond acceptors (Lipinski definition) is 2. The number of rotatable bonds is 2. The third-order valence-electron chi connectivity index (χ3n) is 2.43. The molecule has 0 bridgehead atoms. The van der Waals surface area contributed by atoms with E-state index < -0.39 is 0 Å². The van der Waals surface area contributed by atoms with Crippen molar-refractivity contribution in [3.05, 3.63) is 59.9 Å². The van der Waals surface area contributed by atoms with Gasteiger partial charge in [0.15, 0.2) is 0 Å². The molecule has 0 saturated carbocycles. The highest BCUT2D eigenvalue weighted by molar-refractivity contribution is 5.08. The van der Waals surface area contributed by atoms with Crippen LogP contribution in [0.25, 0.3) is 0 Å². The quantitative estimate of drug-likeness (QED) is 0.800. The van der Waals surface area contributed by atoms with Gasteiger partial charge in [0, 0.05) is 17.6 Å². The summed E-state index contributed by atoms with van der Waals surface area (Å²) in [5.74, 6) is 0.102.